The van der Waals surface area contributed by atoms with Crippen LogP contribution in [-0.4, -0.2) is 24.2 Å². The van der Waals surface area contributed by atoms with Crippen LogP contribution >= 0.6 is 11.8 Å². The van der Waals surface area contributed by atoms with E-state index in [4.69, 9.17) is 4.74 Å². The zero-order chi connectivity index (χ0) is 22.2. The number of thioether (sulfide) groups is 1. The van der Waals surface area contributed by atoms with Gasteiger partial charge in [0, 0.05) is 21.8 Å². The topological polar surface area (TPSA) is 67.4 Å². The number of nitrogens with one attached hydrogen (secondary N) is 2. The van der Waals surface area contributed by atoms with E-state index in [2.05, 4.69) is 10.6 Å². The van der Waals surface area contributed by atoms with Crippen LogP contribution in [-0.2, 0) is 4.79 Å². The summed E-state index contributed by atoms with van der Waals surface area (Å²) >= 11 is 1.47. The Labute approximate surface area is 187 Å². The maximum absolute atomic E-state index is 12.7. The van der Waals surface area contributed by atoms with Crippen molar-refractivity contribution >= 4 is 35.0 Å². The van der Waals surface area contributed by atoms with Crippen molar-refractivity contribution in [2.45, 2.75) is 30.4 Å². The zero-order valence-electron chi connectivity index (χ0n) is 17.8. The van der Waals surface area contributed by atoms with E-state index in [-0.39, 0.29) is 17.1 Å². The Morgan fingerprint density at radius 3 is 2.29 bits per heavy atom. The van der Waals surface area contributed by atoms with Gasteiger partial charge in [-0.1, -0.05) is 30.7 Å². The van der Waals surface area contributed by atoms with Crippen molar-refractivity contribution in [2.24, 2.45) is 0 Å². The van der Waals surface area contributed by atoms with Crippen LogP contribution in [0.1, 0.15) is 29.3 Å². The molecule has 0 aliphatic carbocycles. The molecule has 6 heteroatoms. The third-order valence-electron chi connectivity index (χ3n) is 4.70. The Morgan fingerprint density at radius 1 is 0.935 bits per heavy atom. The fraction of sp³-hybridized carbons (Fsp3) is 0.200. The van der Waals surface area contributed by atoms with E-state index in [0.717, 1.165) is 21.9 Å². The van der Waals surface area contributed by atoms with Crippen LogP contribution in [0, 0.1) is 6.92 Å². The quantitative estimate of drug-likeness (QED) is 0.442. The van der Waals surface area contributed by atoms with Gasteiger partial charge in [0.05, 0.1) is 12.4 Å². The minimum Gasteiger partial charge on any atom is -0.497 e. The summed E-state index contributed by atoms with van der Waals surface area (Å²) in [6, 6.07) is 22.2. The minimum atomic E-state index is -0.259. The van der Waals surface area contributed by atoms with Gasteiger partial charge in [-0.15, -0.1) is 11.8 Å². The minimum absolute atomic E-state index is 0.0632. The smallest absolute Gasteiger partial charge is 0.255 e. The number of carbonyl (C=O) groups is 2. The van der Waals surface area contributed by atoms with E-state index in [0.29, 0.717) is 17.7 Å². The SMILES string of the molecule is CCC(Sc1cccc(NC(=O)c2ccc(C)cc2)c1)C(=O)Nc1ccc(OC)cc1. The molecule has 0 saturated heterocycles. The molecule has 3 aromatic carbocycles. The average Bonchev–Trinajstić information content (AvgIpc) is 2.78. The molecule has 0 spiro atoms. The Hall–Kier alpha value is -3.25. The molecule has 0 aliphatic rings. The number of benzene rings is 3. The number of methoxy groups -OCH3 is 1. The van der Waals surface area contributed by atoms with Crippen LogP contribution in [0.25, 0.3) is 0 Å². The molecule has 2 N–H and O–H groups in total. The highest BCUT2D eigenvalue weighted by Gasteiger charge is 2.18. The average molecular weight is 435 g/mol. The molecular formula is C25H26N2O3S. The summed E-state index contributed by atoms with van der Waals surface area (Å²) < 4.78 is 5.15. The predicted octanol–water partition coefficient (Wildman–Crippen LogP) is 5.77. The van der Waals surface area contributed by atoms with Gasteiger partial charge in [0.2, 0.25) is 5.91 Å². The second-order valence-corrected chi connectivity index (χ2v) is 8.36. The van der Waals surface area contributed by atoms with Crippen LogP contribution in [0.5, 0.6) is 5.75 Å². The van der Waals surface area contributed by atoms with Gasteiger partial charge in [-0.05, 0) is 67.9 Å². The molecule has 3 aromatic rings. The summed E-state index contributed by atoms with van der Waals surface area (Å²) in [5.41, 5.74) is 3.13. The van der Waals surface area contributed by atoms with Gasteiger partial charge >= 0.3 is 0 Å². The van der Waals surface area contributed by atoms with Crippen LogP contribution in [0.3, 0.4) is 0 Å². The van der Waals surface area contributed by atoms with Gasteiger partial charge in [0.1, 0.15) is 5.75 Å². The van der Waals surface area contributed by atoms with Crippen LogP contribution in [0.4, 0.5) is 11.4 Å². The number of carbonyl (C=O) groups excluding carboxylic acids is 2. The first-order chi connectivity index (χ1) is 15.0. The lowest BCUT2D eigenvalue weighted by Crippen LogP contribution is -2.24. The normalized spacial score (nSPS) is 11.5. The van der Waals surface area contributed by atoms with E-state index >= 15 is 0 Å². The van der Waals surface area contributed by atoms with Crippen molar-refractivity contribution in [2.75, 3.05) is 17.7 Å². The lowest BCUT2D eigenvalue weighted by Gasteiger charge is -2.16. The maximum Gasteiger partial charge on any atom is 0.255 e. The molecule has 5 nitrogen and oxygen atoms in total. The molecule has 160 valence electrons. The molecule has 31 heavy (non-hydrogen) atoms. The van der Waals surface area contributed by atoms with Crippen LogP contribution in [0.15, 0.2) is 77.7 Å². The van der Waals surface area contributed by atoms with Crippen molar-refractivity contribution in [3.63, 3.8) is 0 Å². The molecule has 0 saturated carbocycles. The number of hydrogen-bond acceptors (Lipinski definition) is 4. The number of rotatable bonds is 8. The molecule has 2 amide bonds. The van der Waals surface area contributed by atoms with Crippen LogP contribution in [0.2, 0.25) is 0 Å². The second kappa shape index (κ2) is 10.7. The summed E-state index contributed by atoms with van der Waals surface area (Å²) in [4.78, 5) is 26.1. The summed E-state index contributed by atoms with van der Waals surface area (Å²) in [6.45, 7) is 3.96. The Kier molecular flexibility index (Phi) is 7.73. The molecule has 0 heterocycles. The van der Waals surface area contributed by atoms with Crippen molar-refractivity contribution in [3.8, 4) is 5.75 Å². The van der Waals surface area contributed by atoms with Gasteiger partial charge in [-0.2, -0.15) is 0 Å². The molecular weight excluding hydrogens is 408 g/mol. The van der Waals surface area contributed by atoms with E-state index in [1.54, 1.807) is 19.2 Å². The number of amides is 2. The highest BCUT2D eigenvalue weighted by atomic mass is 32.2. The van der Waals surface area contributed by atoms with Gasteiger partial charge in [-0.25, -0.2) is 0 Å². The molecule has 0 radical (unpaired) electrons. The highest BCUT2D eigenvalue weighted by Crippen LogP contribution is 2.29. The zero-order valence-corrected chi connectivity index (χ0v) is 18.7. The molecule has 1 atom stereocenters. The molecule has 0 aromatic heterocycles. The van der Waals surface area contributed by atoms with E-state index in [1.165, 1.54) is 11.8 Å². The highest BCUT2D eigenvalue weighted by molar-refractivity contribution is 8.00. The summed E-state index contributed by atoms with van der Waals surface area (Å²) in [5, 5.41) is 5.62. The first kappa shape index (κ1) is 22.4. The standard InChI is InChI=1S/C25H26N2O3S/c1-4-23(25(29)26-19-12-14-21(30-3)15-13-19)31-22-7-5-6-20(16-22)27-24(28)18-10-8-17(2)9-11-18/h5-16,23H,4H2,1-3H3,(H,26,29)(H,27,28). The number of anilines is 2. The van der Waals surface area contributed by atoms with Gasteiger partial charge in [0.15, 0.2) is 0 Å². The number of hydrogen-bond donors (Lipinski definition) is 2. The fourth-order valence-corrected chi connectivity index (χ4v) is 3.95. The number of aryl methyl sites for hydroxylation is 1. The lowest BCUT2D eigenvalue weighted by molar-refractivity contribution is -0.115. The second-order valence-electron chi connectivity index (χ2n) is 7.08. The summed E-state index contributed by atoms with van der Waals surface area (Å²) in [6.07, 6.45) is 0.673. The summed E-state index contributed by atoms with van der Waals surface area (Å²) in [5.74, 6) is 0.516. The third-order valence-corrected chi connectivity index (χ3v) is 6.06. The molecule has 0 fully saturated rings. The molecule has 1 unspecified atom stereocenters. The Balaban J connectivity index is 1.64. The maximum atomic E-state index is 12.7. The first-order valence-electron chi connectivity index (χ1n) is 10.1. The van der Waals surface area contributed by atoms with Crippen molar-refractivity contribution in [1.82, 2.24) is 0 Å². The molecule has 0 bridgehead atoms. The van der Waals surface area contributed by atoms with Crippen molar-refractivity contribution in [1.29, 1.82) is 0 Å². The Morgan fingerprint density at radius 2 is 1.65 bits per heavy atom. The van der Waals surface area contributed by atoms with Gasteiger partial charge in [0.25, 0.3) is 5.91 Å². The van der Waals surface area contributed by atoms with Gasteiger partial charge < -0.3 is 15.4 Å². The first-order valence-corrected chi connectivity index (χ1v) is 11.0. The number of ether oxygens (including phenoxy) is 1. The molecule has 3 rings (SSSR count). The van der Waals surface area contributed by atoms with Gasteiger partial charge in [-0.3, -0.25) is 9.59 Å². The Bertz CT molecular complexity index is 1030. The van der Waals surface area contributed by atoms with Crippen molar-refractivity contribution < 1.29 is 14.3 Å². The monoisotopic (exact) mass is 434 g/mol. The van der Waals surface area contributed by atoms with E-state index in [9.17, 15) is 9.59 Å². The fourth-order valence-electron chi connectivity index (χ4n) is 2.94. The van der Waals surface area contributed by atoms with Crippen molar-refractivity contribution in [3.05, 3.63) is 83.9 Å². The van der Waals surface area contributed by atoms with E-state index in [1.807, 2.05) is 74.5 Å². The van der Waals surface area contributed by atoms with E-state index < -0.39 is 0 Å². The molecule has 0 aliphatic heterocycles. The van der Waals surface area contributed by atoms with Crippen LogP contribution < -0.4 is 15.4 Å². The lowest BCUT2D eigenvalue weighted by atomic mass is 10.1. The third kappa shape index (κ3) is 6.36. The summed E-state index contributed by atoms with van der Waals surface area (Å²) in [7, 11) is 1.61. The largest absolute Gasteiger partial charge is 0.497 e. The predicted molar refractivity (Wildman–Crippen MR) is 127 cm³/mol.